The van der Waals surface area contributed by atoms with E-state index < -0.39 is 0 Å². The van der Waals surface area contributed by atoms with Crippen LogP contribution in [0.15, 0.2) is 48.5 Å². The Hall–Kier alpha value is -0.980. The summed E-state index contributed by atoms with van der Waals surface area (Å²) < 4.78 is 0. The van der Waals surface area contributed by atoms with Gasteiger partial charge >= 0.3 is 0 Å². The maximum absolute atomic E-state index is 6.72. The van der Waals surface area contributed by atoms with Gasteiger partial charge in [-0.1, -0.05) is 116 Å². The molecule has 2 aromatic rings. The molecule has 6 saturated carbocycles. The molecule has 6 aliphatic carbocycles. The van der Waals surface area contributed by atoms with Crippen molar-refractivity contribution in [3.63, 3.8) is 0 Å². The molecule has 0 N–H and O–H groups in total. The third-order valence-corrected chi connectivity index (χ3v) is 18.2. The van der Waals surface area contributed by atoms with Crippen LogP contribution in [0.3, 0.4) is 0 Å². The highest BCUT2D eigenvalue weighted by Crippen LogP contribution is 2.74. The van der Waals surface area contributed by atoms with Crippen molar-refractivity contribution in [2.75, 3.05) is 0 Å². The number of benzene rings is 2. The average Bonchev–Trinajstić information content (AvgIpc) is 3.70. The van der Waals surface area contributed by atoms with E-state index in [0.29, 0.717) is 33.5 Å². The van der Waals surface area contributed by atoms with Crippen LogP contribution in [0.25, 0.3) is 0 Å². The van der Waals surface area contributed by atoms with E-state index in [0.717, 1.165) is 57.4 Å². The zero-order valence-electron chi connectivity index (χ0n) is 32.1. The molecule has 0 radical (unpaired) electrons. The number of hydrogen-bond acceptors (Lipinski definition) is 0. The predicted octanol–water partition coefficient (Wildman–Crippen LogP) is 14.3. The van der Waals surface area contributed by atoms with Crippen molar-refractivity contribution in [2.24, 2.45) is 80.8 Å². The van der Waals surface area contributed by atoms with Crippen LogP contribution in [-0.4, -0.2) is 0 Å². The van der Waals surface area contributed by atoms with Gasteiger partial charge in [0, 0.05) is 15.5 Å². The number of fused-ring (bicyclic) bond motifs is 5. The molecule has 0 amide bonds. The number of hydrogen-bond donors (Lipinski definition) is 0. The summed E-state index contributed by atoms with van der Waals surface area (Å²) in [5.41, 5.74) is 4.79. The maximum Gasteiger partial charge on any atom is 0.0406 e. The van der Waals surface area contributed by atoms with E-state index >= 15 is 0 Å². The Morgan fingerprint density at radius 3 is 1.10 bits per heavy atom. The van der Waals surface area contributed by atoms with Crippen LogP contribution >= 0.6 is 23.2 Å². The lowest BCUT2D eigenvalue weighted by Gasteiger charge is -2.59. The third-order valence-electron chi connectivity index (χ3n) is 17.7. The van der Waals surface area contributed by atoms with Gasteiger partial charge in [-0.05, 0) is 180 Å². The number of rotatable bonds is 4. The lowest BCUT2D eigenvalue weighted by molar-refractivity contribution is -0.0969. The quantitative estimate of drug-likeness (QED) is 0.298. The highest BCUT2D eigenvalue weighted by molar-refractivity contribution is 6.30. The van der Waals surface area contributed by atoms with E-state index in [4.69, 9.17) is 23.2 Å². The summed E-state index contributed by atoms with van der Waals surface area (Å²) >= 11 is 13.4. The summed E-state index contributed by atoms with van der Waals surface area (Å²) in [4.78, 5) is 0. The molecule has 0 saturated heterocycles. The van der Waals surface area contributed by atoms with Gasteiger partial charge in [0.2, 0.25) is 0 Å². The summed E-state index contributed by atoms with van der Waals surface area (Å²) in [5, 5.41) is 1.72. The molecule has 0 aromatic heterocycles. The summed E-state index contributed by atoms with van der Waals surface area (Å²) in [5.74, 6) is 7.83. The molecule has 2 aromatic carbocycles. The molecule has 2 heteroatoms. The van der Waals surface area contributed by atoms with Gasteiger partial charge in [0.25, 0.3) is 0 Å². The monoisotopic (exact) mass is 700 g/mol. The average molecular weight is 702 g/mol. The van der Waals surface area contributed by atoms with Crippen LogP contribution < -0.4 is 0 Å². The molecule has 6 fully saturated rings. The minimum absolute atomic E-state index is 0.0175. The molecule has 6 aliphatic rings. The molecule has 0 bridgehead atoms. The molecule has 49 heavy (non-hydrogen) atoms. The van der Waals surface area contributed by atoms with Crippen LogP contribution in [0.2, 0.25) is 10.0 Å². The minimum atomic E-state index is -0.0175. The second-order valence-corrected chi connectivity index (χ2v) is 22.2. The summed E-state index contributed by atoms with van der Waals surface area (Å²) in [6, 6.07) is 18.7. The Morgan fingerprint density at radius 2 is 0.776 bits per heavy atom. The largest absolute Gasteiger partial charge is 0.0843 e. The van der Waals surface area contributed by atoms with Gasteiger partial charge < -0.3 is 0 Å². The minimum Gasteiger partial charge on any atom is -0.0843 e. The molecule has 0 spiro atoms. The molecule has 0 heterocycles. The fourth-order valence-corrected chi connectivity index (χ4v) is 15.2. The zero-order chi connectivity index (χ0) is 34.7. The Bertz CT molecular complexity index is 1400. The third kappa shape index (κ3) is 5.47. The Labute approximate surface area is 310 Å². The zero-order valence-corrected chi connectivity index (χ0v) is 33.6. The smallest absolute Gasteiger partial charge is 0.0406 e. The summed E-state index contributed by atoms with van der Waals surface area (Å²) in [7, 11) is 0. The van der Waals surface area contributed by atoms with Crippen LogP contribution in [0, 0.1) is 80.8 Å². The van der Waals surface area contributed by atoms with Crippen LogP contribution in [-0.2, 0) is 5.41 Å². The van der Waals surface area contributed by atoms with Gasteiger partial charge in [-0.25, -0.2) is 0 Å². The first-order valence-electron chi connectivity index (χ1n) is 20.6. The van der Waals surface area contributed by atoms with Gasteiger partial charge in [0.05, 0.1) is 0 Å². The Balaban J connectivity index is 1.37. The van der Waals surface area contributed by atoms with Gasteiger partial charge in [-0.15, -0.1) is 0 Å². The van der Waals surface area contributed by atoms with Gasteiger partial charge in [-0.3, -0.25) is 0 Å². The Morgan fingerprint density at radius 1 is 0.469 bits per heavy atom. The van der Waals surface area contributed by atoms with E-state index in [1.165, 1.54) is 77.0 Å². The van der Waals surface area contributed by atoms with Crippen LogP contribution in [0.5, 0.6) is 0 Å². The molecule has 8 rings (SSSR count). The van der Waals surface area contributed by atoms with Crippen molar-refractivity contribution >= 4 is 23.2 Å². The molecule has 8 unspecified atom stereocenters. The Kier molecular flexibility index (Phi) is 8.60. The highest BCUT2D eigenvalue weighted by atomic mass is 35.5. The van der Waals surface area contributed by atoms with E-state index in [9.17, 15) is 0 Å². The lowest BCUT2D eigenvalue weighted by atomic mass is 9.45. The number of halogens is 2. The van der Waals surface area contributed by atoms with E-state index in [-0.39, 0.29) is 5.41 Å². The van der Waals surface area contributed by atoms with Gasteiger partial charge in [0.15, 0.2) is 0 Å². The van der Waals surface area contributed by atoms with Gasteiger partial charge in [0.1, 0.15) is 0 Å². The second kappa shape index (κ2) is 12.0. The van der Waals surface area contributed by atoms with Crippen molar-refractivity contribution < 1.29 is 0 Å². The maximum atomic E-state index is 6.72. The fraction of sp³-hybridized carbons (Fsp3) is 0.745. The summed E-state index contributed by atoms with van der Waals surface area (Å²) in [6.07, 6.45) is 16.7. The van der Waals surface area contributed by atoms with Gasteiger partial charge in [-0.2, -0.15) is 0 Å². The van der Waals surface area contributed by atoms with Crippen molar-refractivity contribution in [1.82, 2.24) is 0 Å². The molecule has 268 valence electrons. The second-order valence-electron chi connectivity index (χ2n) is 21.4. The normalized spacial score (nSPS) is 39.0. The van der Waals surface area contributed by atoms with E-state index in [2.05, 4.69) is 104 Å². The van der Waals surface area contributed by atoms with Crippen molar-refractivity contribution in [3.05, 3.63) is 69.7 Å². The fourth-order valence-electron chi connectivity index (χ4n) is 14.9. The first kappa shape index (κ1) is 35.1. The van der Waals surface area contributed by atoms with Crippen molar-refractivity contribution in [2.45, 2.75) is 138 Å². The van der Waals surface area contributed by atoms with Crippen molar-refractivity contribution in [3.8, 4) is 0 Å². The van der Waals surface area contributed by atoms with Crippen LogP contribution in [0.1, 0.15) is 144 Å². The summed E-state index contributed by atoms with van der Waals surface area (Å²) in [6.45, 7) is 21.2. The van der Waals surface area contributed by atoms with Crippen molar-refractivity contribution in [1.29, 1.82) is 0 Å². The molecular weight excluding hydrogens is 635 g/mol. The molecule has 0 aliphatic heterocycles. The molecule has 0 nitrogen and oxygen atoms in total. The first-order valence-corrected chi connectivity index (χ1v) is 21.3. The predicted molar refractivity (Wildman–Crippen MR) is 209 cm³/mol. The molecular formula is C47H66Cl2. The standard InChI is InChI=1S/C47H66Cl2/c1-43(2)21-23-45(5,6)40-27-36-34(25-38(40)43)35-26-39-41(46(7,8)24-22-44(39,3)4)28-37(35)42(36)47(29-11-9-10-12-29,30-13-17-32(48)18-14-30)31-15-19-33(49)20-16-31/h13-20,29,34-42H,9-12,21-28H2,1-8H3. The van der Waals surface area contributed by atoms with E-state index in [1.54, 1.807) is 11.1 Å². The van der Waals surface area contributed by atoms with E-state index in [1.807, 2.05) is 0 Å². The topological polar surface area (TPSA) is 0 Å². The SMILES string of the molecule is CC1(C)CCC(C)(C)C2CC3C(CC21)C1CC2C(CC1C3C(c1ccc(Cl)cc1)(c1ccc(Cl)cc1)C1CCCC1)C(C)(C)CCC2(C)C. The first-order chi connectivity index (χ1) is 23.1. The highest BCUT2D eigenvalue weighted by Gasteiger charge is 2.68. The molecule has 8 atom stereocenters. The van der Waals surface area contributed by atoms with Crippen LogP contribution in [0.4, 0.5) is 0 Å². The lowest BCUT2D eigenvalue weighted by Crippen LogP contribution is -2.53.